The second kappa shape index (κ2) is 6.30. The molecule has 3 N–H and O–H groups in total. The predicted octanol–water partition coefficient (Wildman–Crippen LogP) is 1.27. The van der Waals surface area contributed by atoms with Gasteiger partial charge in [0.15, 0.2) is 0 Å². The molecule has 1 heterocycles. The van der Waals surface area contributed by atoms with Crippen LogP contribution in [0, 0.1) is 6.92 Å². The van der Waals surface area contributed by atoms with Crippen molar-refractivity contribution in [3.05, 3.63) is 41.7 Å². The second-order valence-corrected chi connectivity index (χ2v) is 5.20. The number of nitrogens with zero attached hydrogens (tertiary/aromatic N) is 3. The van der Waals surface area contributed by atoms with Gasteiger partial charge in [0.2, 0.25) is 0 Å². The first kappa shape index (κ1) is 14.9. The molecule has 6 heteroatoms. The molecule has 0 spiro atoms. The van der Waals surface area contributed by atoms with E-state index in [9.17, 15) is 4.79 Å². The number of benzene rings is 1. The number of nitrogens with two attached hydrogens (primary N) is 1. The number of hydrogen-bond donors (Lipinski definition) is 2. The molecule has 0 unspecified atom stereocenters. The lowest BCUT2D eigenvalue weighted by atomic mass is 10.1. The Hall–Kier alpha value is -2.50. The van der Waals surface area contributed by atoms with Gasteiger partial charge in [-0.15, -0.1) is 0 Å². The van der Waals surface area contributed by atoms with Gasteiger partial charge in [0, 0.05) is 32.4 Å². The molecule has 1 aromatic heterocycles. The third-order valence-corrected chi connectivity index (χ3v) is 3.16. The minimum absolute atomic E-state index is 0.129. The van der Waals surface area contributed by atoms with Gasteiger partial charge >= 0.3 is 0 Å². The number of aryl methyl sites for hydroxylation is 1. The molecule has 6 nitrogen and oxygen atoms in total. The monoisotopic (exact) mass is 287 g/mol. The topological polar surface area (TPSA) is 76.2 Å². The Morgan fingerprint density at radius 1 is 1.43 bits per heavy atom. The Bertz CT molecular complexity index is 633. The number of nitrogens with one attached hydrogen (secondary N) is 1. The van der Waals surface area contributed by atoms with Crippen molar-refractivity contribution in [1.29, 1.82) is 0 Å². The van der Waals surface area contributed by atoms with Gasteiger partial charge in [0.1, 0.15) is 0 Å². The van der Waals surface area contributed by atoms with Gasteiger partial charge in [-0.2, -0.15) is 5.10 Å². The van der Waals surface area contributed by atoms with E-state index in [2.05, 4.69) is 10.4 Å². The highest BCUT2D eigenvalue weighted by Gasteiger charge is 2.08. The van der Waals surface area contributed by atoms with Crippen LogP contribution in [-0.2, 0) is 6.54 Å². The summed E-state index contributed by atoms with van der Waals surface area (Å²) in [5.41, 5.74) is 9.11. The quantitative estimate of drug-likeness (QED) is 0.812. The van der Waals surface area contributed by atoms with Gasteiger partial charge in [-0.05, 0) is 30.7 Å². The maximum Gasteiger partial charge on any atom is 0.251 e. The number of carbonyl (C=O) groups excluding carboxylic acids is 1. The smallest absolute Gasteiger partial charge is 0.251 e. The zero-order valence-corrected chi connectivity index (χ0v) is 12.6. The van der Waals surface area contributed by atoms with Crippen LogP contribution in [0.2, 0.25) is 0 Å². The maximum absolute atomic E-state index is 12.1. The summed E-state index contributed by atoms with van der Waals surface area (Å²) in [4.78, 5) is 14.0. The fraction of sp³-hybridized carbons (Fsp3) is 0.333. The number of hydrogen-bond acceptors (Lipinski definition) is 4. The molecule has 0 atom stereocenters. The van der Waals surface area contributed by atoms with Crippen LogP contribution < -0.4 is 16.0 Å². The van der Waals surface area contributed by atoms with Crippen molar-refractivity contribution < 1.29 is 4.79 Å². The lowest BCUT2D eigenvalue weighted by Gasteiger charge is -2.15. The van der Waals surface area contributed by atoms with E-state index >= 15 is 0 Å². The largest absolute Gasteiger partial charge is 0.397 e. The number of carbonyl (C=O) groups is 1. The van der Waals surface area contributed by atoms with Crippen molar-refractivity contribution in [1.82, 2.24) is 15.1 Å². The SMILES string of the molecule is Cc1cnn(CCNC(=O)c2ccc(N(C)C)c(N)c2)c1. The highest BCUT2D eigenvalue weighted by molar-refractivity contribution is 5.96. The summed E-state index contributed by atoms with van der Waals surface area (Å²) in [6.45, 7) is 3.15. The van der Waals surface area contributed by atoms with E-state index in [-0.39, 0.29) is 5.91 Å². The summed E-state index contributed by atoms with van der Waals surface area (Å²) in [5.74, 6) is -0.129. The Balaban J connectivity index is 1.92. The van der Waals surface area contributed by atoms with Gasteiger partial charge < -0.3 is 16.0 Å². The van der Waals surface area contributed by atoms with Gasteiger partial charge in [-0.1, -0.05) is 0 Å². The van der Waals surface area contributed by atoms with Crippen LogP contribution in [0.5, 0.6) is 0 Å². The van der Waals surface area contributed by atoms with Crippen LogP contribution >= 0.6 is 0 Å². The zero-order chi connectivity index (χ0) is 15.4. The normalized spacial score (nSPS) is 10.4. The van der Waals surface area contributed by atoms with E-state index in [4.69, 9.17) is 5.73 Å². The van der Waals surface area contributed by atoms with Crippen molar-refractivity contribution in [3.63, 3.8) is 0 Å². The molecular weight excluding hydrogens is 266 g/mol. The van der Waals surface area contributed by atoms with Gasteiger partial charge in [0.25, 0.3) is 5.91 Å². The third kappa shape index (κ3) is 3.75. The van der Waals surface area contributed by atoms with Crippen molar-refractivity contribution >= 4 is 17.3 Å². The average molecular weight is 287 g/mol. The van der Waals surface area contributed by atoms with E-state index in [1.807, 2.05) is 38.2 Å². The van der Waals surface area contributed by atoms with Crippen molar-refractivity contribution in [2.45, 2.75) is 13.5 Å². The van der Waals surface area contributed by atoms with Gasteiger partial charge in [0.05, 0.1) is 24.1 Å². The number of aromatic nitrogens is 2. The number of rotatable bonds is 5. The Labute approximate surface area is 124 Å². The minimum Gasteiger partial charge on any atom is -0.397 e. The third-order valence-electron chi connectivity index (χ3n) is 3.16. The first-order valence-electron chi connectivity index (χ1n) is 6.81. The average Bonchev–Trinajstić information content (AvgIpc) is 2.83. The molecule has 2 rings (SSSR count). The van der Waals surface area contributed by atoms with Crippen molar-refractivity contribution in [2.75, 3.05) is 31.3 Å². The van der Waals surface area contributed by atoms with E-state index in [1.54, 1.807) is 23.0 Å². The standard InChI is InChI=1S/C15H21N5O/c1-11-9-18-20(10-11)7-6-17-15(21)12-4-5-14(19(2)3)13(16)8-12/h4-5,8-10H,6-7,16H2,1-3H3,(H,17,21). The van der Waals surface area contributed by atoms with Crippen molar-refractivity contribution in [2.24, 2.45) is 0 Å². The zero-order valence-electron chi connectivity index (χ0n) is 12.6. The molecule has 0 fully saturated rings. The molecule has 0 saturated heterocycles. The summed E-state index contributed by atoms with van der Waals surface area (Å²) in [5, 5.41) is 7.03. The van der Waals surface area contributed by atoms with Crippen LogP contribution in [-0.4, -0.2) is 36.3 Å². The fourth-order valence-corrected chi connectivity index (χ4v) is 2.08. The molecule has 0 saturated carbocycles. The second-order valence-electron chi connectivity index (χ2n) is 5.20. The molecule has 2 aromatic rings. The van der Waals surface area contributed by atoms with E-state index in [0.717, 1.165) is 11.3 Å². The fourth-order valence-electron chi connectivity index (χ4n) is 2.08. The molecule has 0 aliphatic carbocycles. The lowest BCUT2D eigenvalue weighted by Crippen LogP contribution is -2.27. The first-order valence-corrected chi connectivity index (χ1v) is 6.81. The highest BCUT2D eigenvalue weighted by atomic mass is 16.1. The van der Waals surface area contributed by atoms with Crippen molar-refractivity contribution in [3.8, 4) is 0 Å². The van der Waals surface area contributed by atoms with Crippen LogP contribution in [0.4, 0.5) is 11.4 Å². The van der Waals surface area contributed by atoms with Crippen LogP contribution in [0.25, 0.3) is 0 Å². The summed E-state index contributed by atoms with van der Waals surface area (Å²) < 4.78 is 1.80. The van der Waals surface area contributed by atoms with Crippen LogP contribution in [0.1, 0.15) is 15.9 Å². The van der Waals surface area contributed by atoms with E-state index in [1.165, 1.54) is 0 Å². The van der Waals surface area contributed by atoms with Gasteiger partial charge in [-0.25, -0.2) is 0 Å². The van der Waals surface area contributed by atoms with Crippen LogP contribution in [0.3, 0.4) is 0 Å². The van der Waals surface area contributed by atoms with E-state index in [0.29, 0.717) is 24.3 Å². The maximum atomic E-state index is 12.1. The number of anilines is 2. The summed E-state index contributed by atoms with van der Waals surface area (Å²) >= 11 is 0. The molecule has 1 aromatic carbocycles. The minimum atomic E-state index is -0.129. The molecule has 21 heavy (non-hydrogen) atoms. The number of amides is 1. The molecule has 0 aliphatic heterocycles. The molecule has 0 aliphatic rings. The molecular formula is C15H21N5O. The Morgan fingerprint density at radius 3 is 2.76 bits per heavy atom. The molecule has 112 valence electrons. The van der Waals surface area contributed by atoms with Crippen LogP contribution in [0.15, 0.2) is 30.6 Å². The summed E-state index contributed by atoms with van der Waals surface area (Å²) in [6.07, 6.45) is 3.73. The Morgan fingerprint density at radius 2 is 2.19 bits per heavy atom. The summed E-state index contributed by atoms with van der Waals surface area (Å²) in [6, 6.07) is 5.32. The molecule has 0 bridgehead atoms. The predicted molar refractivity (Wildman–Crippen MR) is 84.5 cm³/mol. The highest BCUT2D eigenvalue weighted by Crippen LogP contribution is 2.22. The summed E-state index contributed by atoms with van der Waals surface area (Å²) in [7, 11) is 3.83. The first-order chi connectivity index (χ1) is 9.97. The number of nitrogen functional groups attached to an aromatic ring is 1. The molecule has 1 amide bonds. The lowest BCUT2D eigenvalue weighted by molar-refractivity contribution is 0.0952. The molecule has 0 radical (unpaired) electrons. The van der Waals surface area contributed by atoms with E-state index < -0.39 is 0 Å². The Kier molecular flexibility index (Phi) is 4.47. The van der Waals surface area contributed by atoms with Gasteiger partial charge in [-0.3, -0.25) is 9.48 Å².